The molecule has 0 saturated heterocycles. The standard InChI is InChI=1S/C12H27N/c1-6-11(4,7-2)9-10-12(5,13)8-3/h6-10,13H2,1-5H3. The lowest BCUT2D eigenvalue weighted by Crippen LogP contribution is -2.36. The third-order valence-electron chi connectivity index (χ3n) is 3.81. The van der Waals surface area contributed by atoms with Gasteiger partial charge >= 0.3 is 0 Å². The van der Waals surface area contributed by atoms with Gasteiger partial charge in [0, 0.05) is 5.54 Å². The van der Waals surface area contributed by atoms with Gasteiger partial charge in [0.1, 0.15) is 0 Å². The molecule has 0 aromatic heterocycles. The Morgan fingerprint density at radius 1 is 0.846 bits per heavy atom. The summed E-state index contributed by atoms with van der Waals surface area (Å²) in [5.41, 5.74) is 6.69. The normalized spacial score (nSPS) is 17.1. The van der Waals surface area contributed by atoms with E-state index in [1.54, 1.807) is 0 Å². The first-order valence-corrected chi connectivity index (χ1v) is 5.68. The highest BCUT2D eigenvalue weighted by atomic mass is 14.7. The van der Waals surface area contributed by atoms with E-state index < -0.39 is 0 Å². The summed E-state index contributed by atoms with van der Waals surface area (Å²) in [6.07, 6.45) is 6.03. The van der Waals surface area contributed by atoms with Crippen LogP contribution in [0.4, 0.5) is 0 Å². The van der Waals surface area contributed by atoms with E-state index in [0.29, 0.717) is 5.41 Å². The SMILES string of the molecule is CCC(C)(N)CCC(C)(CC)CC. The lowest BCUT2D eigenvalue weighted by atomic mass is 9.77. The van der Waals surface area contributed by atoms with E-state index in [2.05, 4.69) is 34.6 Å². The van der Waals surface area contributed by atoms with E-state index in [0.717, 1.165) is 12.8 Å². The molecule has 0 aliphatic carbocycles. The molecule has 0 aliphatic heterocycles. The average molecular weight is 185 g/mol. The van der Waals surface area contributed by atoms with Crippen molar-refractivity contribution in [1.29, 1.82) is 0 Å². The molecule has 13 heavy (non-hydrogen) atoms. The van der Waals surface area contributed by atoms with Crippen molar-refractivity contribution in [3.05, 3.63) is 0 Å². The fourth-order valence-corrected chi connectivity index (χ4v) is 1.37. The quantitative estimate of drug-likeness (QED) is 0.670. The number of hydrogen-bond acceptors (Lipinski definition) is 1. The van der Waals surface area contributed by atoms with Crippen molar-refractivity contribution in [2.75, 3.05) is 0 Å². The zero-order valence-corrected chi connectivity index (χ0v) is 10.1. The van der Waals surface area contributed by atoms with Gasteiger partial charge in [0.15, 0.2) is 0 Å². The largest absolute Gasteiger partial charge is 0.325 e. The van der Waals surface area contributed by atoms with Crippen LogP contribution in [0, 0.1) is 5.41 Å². The van der Waals surface area contributed by atoms with Gasteiger partial charge in [-0.15, -0.1) is 0 Å². The molecule has 1 nitrogen and oxygen atoms in total. The predicted octanol–water partition coefficient (Wildman–Crippen LogP) is 3.72. The predicted molar refractivity (Wildman–Crippen MR) is 60.8 cm³/mol. The second-order valence-corrected chi connectivity index (χ2v) is 5.03. The summed E-state index contributed by atoms with van der Waals surface area (Å²) in [5.74, 6) is 0. The van der Waals surface area contributed by atoms with Gasteiger partial charge in [0.05, 0.1) is 0 Å². The monoisotopic (exact) mass is 185 g/mol. The lowest BCUT2D eigenvalue weighted by molar-refractivity contribution is 0.233. The molecule has 1 unspecified atom stereocenters. The van der Waals surface area contributed by atoms with E-state index in [9.17, 15) is 0 Å². The molecule has 0 fully saturated rings. The molecule has 0 aromatic rings. The van der Waals surface area contributed by atoms with Gasteiger partial charge in [-0.25, -0.2) is 0 Å². The maximum absolute atomic E-state index is 6.13. The molecule has 0 spiro atoms. The van der Waals surface area contributed by atoms with Crippen LogP contribution in [-0.4, -0.2) is 5.54 Å². The maximum atomic E-state index is 6.13. The van der Waals surface area contributed by atoms with Crippen molar-refractivity contribution >= 4 is 0 Å². The molecular formula is C12H27N. The van der Waals surface area contributed by atoms with E-state index in [4.69, 9.17) is 5.73 Å². The Labute approximate surface area is 84.1 Å². The Hall–Kier alpha value is -0.0400. The Morgan fingerprint density at radius 3 is 1.62 bits per heavy atom. The van der Waals surface area contributed by atoms with Crippen LogP contribution in [0.25, 0.3) is 0 Å². The van der Waals surface area contributed by atoms with Crippen molar-refractivity contribution in [2.45, 2.75) is 72.3 Å². The maximum Gasteiger partial charge on any atom is 0.0123 e. The first kappa shape index (κ1) is 13.0. The van der Waals surface area contributed by atoms with Crippen molar-refractivity contribution in [1.82, 2.24) is 0 Å². The first-order valence-electron chi connectivity index (χ1n) is 5.68. The zero-order valence-electron chi connectivity index (χ0n) is 10.1. The molecule has 0 saturated carbocycles. The fraction of sp³-hybridized carbons (Fsp3) is 1.00. The van der Waals surface area contributed by atoms with E-state index >= 15 is 0 Å². The van der Waals surface area contributed by atoms with Crippen molar-refractivity contribution in [3.8, 4) is 0 Å². The summed E-state index contributed by atoms with van der Waals surface area (Å²) in [4.78, 5) is 0. The second kappa shape index (κ2) is 4.99. The Balaban J connectivity index is 3.99. The second-order valence-electron chi connectivity index (χ2n) is 5.03. The molecule has 0 radical (unpaired) electrons. The van der Waals surface area contributed by atoms with E-state index in [1.165, 1.54) is 19.3 Å². The van der Waals surface area contributed by atoms with Crippen molar-refractivity contribution in [3.63, 3.8) is 0 Å². The van der Waals surface area contributed by atoms with Crippen LogP contribution in [0.1, 0.15) is 66.7 Å². The molecule has 0 bridgehead atoms. The highest BCUT2D eigenvalue weighted by molar-refractivity contribution is 4.81. The first-order chi connectivity index (χ1) is 5.89. The van der Waals surface area contributed by atoms with Crippen LogP contribution in [0.3, 0.4) is 0 Å². The van der Waals surface area contributed by atoms with Crippen LogP contribution in [0.2, 0.25) is 0 Å². The minimum absolute atomic E-state index is 0.0472. The summed E-state index contributed by atoms with van der Waals surface area (Å²) in [5, 5.41) is 0. The van der Waals surface area contributed by atoms with Gasteiger partial charge in [-0.05, 0) is 31.6 Å². The van der Waals surface area contributed by atoms with Gasteiger partial charge in [-0.3, -0.25) is 0 Å². The third kappa shape index (κ3) is 4.66. The van der Waals surface area contributed by atoms with Crippen LogP contribution in [0.15, 0.2) is 0 Å². The Kier molecular flexibility index (Phi) is 4.98. The fourth-order valence-electron chi connectivity index (χ4n) is 1.37. The topological polar surface area (TPSA) is 26.0 Å². The van der Waals surface area contributed by atoms with Gasteiger partial charge in [-0.2, -0.15) is 0 Å². The lowest BCUT2D eigenvalue weighted by Gasteiger charge is -2.31. The molecule has 0 rings (SSSR count). The van der Waals surface area contributed by atoms with Crippen molar-refractivity contribution < 1.29 is 0 Å². The molecule has 0 amide bonds. The van der Waals surface area contributed by atoms with Crippen LogP contribution in [-0.2, 0) is 0 Å². The summed E-state index contributed by atoms with van der Waals surface area (Å²) < 4.78 is 0. The molecule has 2 N–H and O–H groups in total. The van der Waals surface area contributed by atoms with E-state index in [1.807, 2.05) is 0 Å². The minimum Gasteiger partial charge on any atom is -0.325 e. The number of hydrogen-bond donors (Lipinski definition) is 1. The molecule has 1 heteroatoms. The van der Waals surface area contributed by atoms with Crippen LogP contribution >= 0.6 is 0 Å². The van der Waals surface area contributed by atoms with E-state index in [-0.39, 0.29) is 5.54 Å². The Bertz CT molecular complexity index is 134. The van der Waals surface area contributed by atoms with Crippen LogP contribution in [0.5, 0.6) is 0 Å². The summed E-state index contributed by atoms with van der Waals surface area (Å²) in [6.45, 7) is 11.3. The van der Waals surface area contributed by atoms with Gasteiger partial charge in [-0.1, -0.05) is 40.5 Å². The molecule has 0 heterocycles. The highest BCUT2D eigenvalue weighted by Crippen LogP contribution is 2.33. The molecule has 0 aromatic carbocycles. The molecule has 1 atom stereocenters. The van der Waals surface area contributed by atoms with Crippen molar-refractivity contribution in [2.24, 2.45) is 11.1 Å². The van der Waals surface area contributed by atoms with Gasteiger partial charge < -0.3 is 5.73 Å². The zero-order chi connectivity index (χ0) is 10.5. The molecular weight excluding hydrogens is 158 g/mol. The minimum atomic E-state index is 0.0472. The molecule has 80 valence electrons. The smallest absolute Gasteiger partial charge is 0.0123 e. The van der Waals surface area contributed by atoms with Gasteiger partial charge in [0.2, 0.25) is 0 Å². The Morgan fingerprint density at radius 2 is 1.31 bits per heavy atom. The van der Waals surface area contributed by atoms with Gasteiger partial charge in [0.25, 0.3) is 0 Å². The molecule has 0 aliphatic rings. The summed E-state index contributed by atoms with van der Waals surface area (Å²) in [6, 6.07) is 0. The highest BCUT2D eigenvalue weighted by Gasteiger charge is 2.24. The average Bonchev–Trinajstić information content (AvgIpc) is 2.14. The number of nitrogens with two attached hydrogens (primary N) is 1. The van der Waals surface area contributed by atoms with Crippen LogP contribution < -0.4 is 5.73 Å². The summed E-state index contributed by atoms with van der Waals surface area (Å²) >= 11 is 0. The number of rotatable bonds is 6. The summed E-state index contributed by atoms with van der Waals surface area (Å²) in [7, 11) is 0. The third-order valence-corrected chi connectivity index (χ3v) is 3.81.